The molecule has 5 unspecified atom stereocenters. The number of carbonyl (C=O) groups excluding carboxylic acids is 4. The Balaban J connectivity index is 2.73. The van der Waals surface area contributed by atoms with Gasteiger partial charge in [-0.2, -0.15) is 0 Å². The van der Waals surface area contributed by atoms with Crippen molar-refractivity contribution in [3.8, 4) is 0 Å². The van der Waals surface area contributed by atoms with E-state index in [1.165, 1.54) is 11.8 Å². The second-order valence-electron chi connectivity index (χ2n) is 7.40. The molecule has 4 amide bonds. The molecule has 7 N–H and O–H groups in total. The average Bonchev–Trinajstić information content (AvgIpc) is 3.14. The maximum absolute atomic E-state index is 12.6. The molecule has 0 bridgehead atoms. The lowest BCUT2D eigenvalue weighted by atomic mass is 9.98. The minimum Gasteiger partial charge on any atom is -0.480 e. The zero-order valence-electron chi connectivity index (χ0n) is 17.0. The molecule has 0 spiro atoms. The van der Waals surface area contributed by atoms with E-state index in [1.807, 2.05) is 13.8 Å². The van der Waals surface area contributed by atoms with Gasteiger partial charge >= 0.3 is 5.97 Å². The minimum atomic E-state index is -1.49. The maximum Gasteiger partial charge on any atom is 0.326 e. The highest BCUT2D eigenvalue weighted by Crippen LogP contribution is 2.20. The Morgan fingerprint density at radius 3 is 2.31 bits per heavy atom. The van der Waals surface area contributed by atoms with E-state index in [2.05, 4.69) is 10.6 Å². The van der Waals surface area contributed by atoms with Crippen molar-refractivity contribution in [2.75, 3.05) is 6.54 Å². The van der Waals surface area contributed by atoms with E-state index >= 15 is 0 Å². The molecule has 1 heterocycles. The van der Waals surface area contributed by atoms with Crippen molar-refractivity contribution >= 4 is 29.6 Å². The van der Waals surface area contributed by atoms with Gasteiger partial charge < -0.3 is 32.1 Å². The molecule has 1 aliphatic rings. The molecule has 0 saturated carbocycles. The quantitative estimate of drug-likeness (QED) is 0.282. The van der Waals surface area contributed by atoms with Crippen molar-refractivity contribution in [1.82, 2.24) is 15.5 Å². The maximum atomic E-state index is 12.6. The Morgan fingerprint density at radius 2 is 1.79 bits per heavy atom. The molecule has 1 fully saturated rings. The zero-order valence-corrected chi connectivity index (χ0v) is 17.0. The number of hydrogen-bond acceptors (Lipinski definition) is 6. The first kappa shape index (κ1) is 24.3. The zero-order chi connectivity index (χ0) is 22.3. The summed E-state index contributed by atoms with van der Waals surface area (Å²) in [6, 6.07) is -4.01. The summed E-state index contributed by atoms with van der Waals surface area (Å²) >= 11 is 0. The van der Waals surface area contributed by atoms with Crippen LogP contribution in [0.5, 0.6) is 0 Å². The number of amides is 4. The highest BCUT2D eigenvalue weighted by atomic mass is 16.4. The summed E-state index contributed by atoms with van der Waals surface area (Å²) in [7, 11) is 0. The fraction of sp³-hybridized carbons (Fsp3) is 0.722. The number of rotatable bonds is 10. The van der Waals surface area contributed by atoms with E-state index in [0.29, 0.717) is 19.4 Å². The second kappa shape index (κ2) is 10.7. The van der Waals surface area contributed by atoms with Crippen LogP contribution in [0.15, 0.2) is 0 Å². The number of nitrogens with zero attached hydrogens (tertiary/aromatic N) is 1. The molecule has 29 heavy (non-hydrogen) atoms. The van der Waals surface area contributed by atoms with Gasteiger partial charge in [0, 0.05) is 6.54 Å². The summed E-state index contributed by atoms with van der Waals surface area (Å²) in [5, 5.41) is 13.7. The number of hydrogen-bond donors (Lipinski definition) is 5. The topological polar surface area (TPSA) is 185 Å². The molecule has 1 rings (SSSR count). The van der Waals surface area contributed by atoms with Crippen LogP contribution in [0.3, 0.4) is 0 Å². The number of nitrogens with two attached hydrogens (primary N) is 2. The molecule has 0 aromatic rings. The SMILES string of the molecule is CCC(C)C(N)C(=O)N1CCCC1C(=O)NC(C)C(=O)NC(CC(N)=O)C(=O)O. The van der Waals surface area contributed by atoms with E-state index in [0.717, 1.165) is 6.42 Å². The van der Waals surface area contributed by atoms with Gasteiger partial charge in [0.25, 0.3) is 0 Å². The molecule has 1 aliphatic heterocycles. The van der Waals surface area contributed by atoms with E-state index < -0.39 is 54.3 Å². The van der Waals surface area contributed by atoms with E-state index in [1.54, 1.807) is 0 Å². The summed E-state index contributed by atoms with van der Waals surface area (Å²) < 4.78 is 0. The third-order valence-corrected chi connectivity index (χ3v) is 5.15. The fourth-order valence-electron chi connectivity index (χ4n) is 3.06. The molecule has 0 radical (unpaired) electrons. The van der Waals surface area contributed by atoms with Crippen molar-refractivity contribution in [1.29, 1.82) is 0 Å². The predicted octanol–water partition coefficient (Wildman–Crippen LogP) is -1.70. The van der Waals surface area contributed by atoms with E-state index in [9.17, 15) is 24.0 Å². The first-order valence-corrected chi connectivity index (χ1v) is 9.67. The van der Waals surface area contributed by atoms with Crippen molar-refractivity contribution in [2.45, 2.75) is 70.6 Å². The van der Waals surface area contributed by atoms with Crippen LogP contribution in [0.25, 0.3) is 0 Å². The molecule has 0 aliphatic carbocycles. The van der Waals surface area contributed by atoms with Crippen LogP contribution in [-0.4, -0.2) is 70.3 Å². The smallest absolute Gasteiger partial charge is 0.326 e. The first-order valence-electron chi connectivity index (χ1n) is 9.67. The number of carboxylic acid groups (broad SMARTS) is 1. The monoisotopic (exact) mass is 413 g/mol. The van der Waals surface area contributed by atoms with Crippen LogP contribution in [0.2, 0.25) is 0 Å². The molecule has 164 valence electrons. The normalized spacial score (nSPS) is 20.3. The van der Waals surface area contributed by atoms with Crippen molar-refractivity contribution in [3.05, 3.63) is 0 Å². The Labute approximate surface area is 169 Å². The van der Waals surface area contributed by atoms with Gasteiger partial charge in [-0.25, -0.2) is 4.79 Å². The van der Waals surface area contributed by atoms with Crippen molar-refractivity contribution < 1.29 is 29.1 Å². The third-order valence-electron chi connectivity index (χ3n) is 5.15. The summed E-state index contributed by atoms with van der Waals surface area (Å²) in [5.41, 5.74) is 11.0. The highest BCUT2D eigenvalue weighted by Gasteiger charge is 2.38. The minimum absolute atomic E-state index is 0.0327. The molecule has 5 atom stereocenters. The Kier molecular flexibility index (Phi) is 9.02. The number of carbonyl (C=O) groups is 5. The number of nitrogens with one attached hydrogen (secondary N) is 2. The molecular formula is C18H31N5O6. The summed E-state index contributed by atoms with van der Waals surface area (Å²) in [5.74, 6) is -3.93. The first-order chi connectivity index (χ1) is 13.5. The van der Waals surface area contributed by atoms with Gasteiger partial charge in [0.1, 0.15) is 18.1 Å². The Bertz CT molecular complexity index is 655. The Morgan fingerprint density at radius 1 is 1.17 bits per heavy atom. The van der Waals surface area contributed by atoms with Gasteiger partial charge in [0.2, 0.25) is 23.6 Å². The number of aliphatic carboxylic acids is 1. The average molecular weight is 413 g/mol. The molecule has 0 aromatic heterocycles. The van der Waals surface area contributed by atoms with Gasteiger partial charge in [-0.3, -0.25) is 19.2 Å². The fourth-order valence-corrected chi connectivity index (χ4v) is 3.06. The number of likely N-dealkylation sites (tertiary alicyclic amines) is 1. The van der Waals surface area contributed by atoms with Gasteiger partial charge in [0.05, 0.1) is 12.5 Å². The standard InChI is InChI=1S/C18H31N5O6/c1-4-9(2)14(20)17(27)23-7-5-6-12(23)16(26)21-10(3)15(25)22-11(18(28)29)8-13(19)24/h9-12,14H,4-8,20H2,1-3H3,(H2,19,24)(H,21,26)(H,22,25)(H,28,29). The van der Waals surface area contributed by atoms with Gasteiger partial charge in [-0.1, -0.05) is 20.3 Å². The van der Waals surface area contributed by atoms with Crippen LogP contribution in [0.1, 0.15) is 46.5 Å². The van der Waals surface area contributed by atoms with Crippen LogP contribution >= 0.6 is 0 Å². The lowest BCUT2D eigenvalue weighted by molar-refractivity contribution is -0.144. The van der Waals surface area contributed by atoms with Crippen molar-refractivity contribution in [3.63, 3.8) is 0 Å². The van der Waals surface area contributed by atoms with Crippen LogP contribution < -0.4 is 22.1 Å². The van der Waals surface area contributed by atoms with Crippen LogP contribution in [0, 0.1) is 5.92 Å². The molecular weight excluding hydrogens is 382 g/mol. The van der Waals surface area contributed by atoms with Gasteiger partial charge in [0.15, 0.2) is 0 Å². The van der Waals surface area contributed by atoms with E-state index in [-0.39, 0.29) is 11.8 Å². The van der Waals surface area contributed by atoms with E-state index in [4.69, 9.17) is 16.6 Å². The predicted molar refractivity (Wildman–Crippen MR) is 103 cm³/mol. The van der Waals surface area contributed by atoms with Gasteiger partial charge in [-0.05, 0) is 25.7 Å². The number of carboxylic acids is 1. The van der Waals surface area contributed by atoms with Crippen LogP contribution in [0.4, 0.5) is 0 Å². The summed E-state index contributed by atoms with van der Waals surface area (Å²) in [6.45, 7) is 5.57. The largest absolute Gasteiger partial charge is 0.480 e. The summed E-state index contributed by atoms with van der Waals surface area (Å²) in [4.78, 5) is 60.9. The lowest BCUT2D eigenvalue weighted by Crippen LogP contribution is -2.56. The lowest BCUT2D eigenvalue weighted by Gasteiger charge is -2.29. The third kappa shape index (κ3) is 6.70. The second-order valence-corrected chi connectivity index (χ2v) is 7.40. The molecule has 1 saturated heterocycles. The highest BCUT2D eigenvalue weighted by molar-refractivity contribution is 5.95. The number of primary amides is 1. The molecule has 11 heteroatoms. The van der Waals surface area contributed by atoms with Gasteiger partial charge in [-0.15, -0.1) is 0 Å². The Hall–Kier alpha value is -2.69. The molecule has 11 nitrogen and oxygen atoms in total. The molecule has 0 aromatic carbocycles. The summed E-state index contributed by atoms with van der Waals surface area (Å²) in [6.07, 6.45) is 1.24. The van der Waals surface area contributed by atoms with Crippen molar-refractivity contribution in [2.24, 2.45) is 17.4 Å². The van der Waals surface area contributed by atoms with Crippen LogP contribution in [-0.2, 0) is 24.0 Å².